The van der Waals surface area contributed by atoms with Gasteiger partial charge in [0.25, 0.3) is 5.89 Å². The lowest BCUT2D eigenvalue weighted by molar-refractivity contribution is -0.136. The molecule has 0 amide bonds. The predicted molar refractivity (Wildman–Crippen MR) is 103 cm³/mol. The average molecular weight is 371 g/mol. The van der Waals surface area contributed by atoms with Gasteiger partial charge in [0, 0.05) is 17.5 Å². The Balaban J connectivity index is 1.65. The third-order valence-corrected chi connectivity index (χ3v) is 4.86. The standard InChI is InChI=1S/C22H17N3O3/c1-13-9-14(6-8-20(26)27)5-7-18(13)21-24-22(28-25-21)16-10-15-3-2-4-19(15)17(11-16)12-23/h2-3,5,7,9-11H,4,6,8H2,1H3,(H,26,27). The van der Waals surface area contributed by atoms with E-state index in [4.69, 9.17) is 9.63 Å². The van der Waals surface area contributed by atoms with Gasteiger partial charge in [0.15, 0.2) is 0 Å². The van der Waals surface area contributed by atoms with Gasteiger partial charge in [-0.1, -0.05) is 35.5 Å². The van der Waals surface area contributed by atoms with Crippen LogP contribution in [0.5, 0.6) is 0 Å². The minimum Gasteiger partial charge on any atom is -0.481 e. The van der Waals surface area contributed by atoms with Crippen molar-refractivity contribution in [3.63, 3.8) is 0 Å². The molecule has 0 saturated heterocycles. The molecule has 1 N–H and O–H groups in total. The van der Waals surface area contributed by atoms with Crippen LogP contribution in [0.1, 0.15) is 34.2 Å². The summed E-state index contributed by atoms with van der Waals surface area (Å²) in [5.41, 5.74) is 6.11. The van der Waals surface area contributed by atoms with Gasteiger partial charge >= 0.3 is 5.97 Å². The summed E-state index contributed by atoms with van der Waals surface area (Å²) in [5.74, 6) is 0.0151. The van der Waals surface area contributed by atoms with Gasteiger partial charge in [0.05, 0.1) is 11.6 Å². The second-order valence-corrected chi connectivity index (χ2v) is 6.78. The van der Waals surface area contributed by atoms with Crippen LogP contribution in [-0.4, -0.2) is 21.2 Å². The van der Waals surface area contributed by atoms with Gasteiger partial charge in [-0.3, -0.25) is 4.79 Å². The summed E-state index contributed by atoms with van der Waals surface area (Å²) in [6.07, 6.45) is 5.37. The van der Waals surface area contributed by atoms with Gasteiger partial charge in [0.1, 0.15) is 0 Å². The number of carboxylic acid groups (broad SMARTS) is 1. The van der Waals surface area contributed by atoms with E-state index in [1.165, 1.54) is 0 Å². The molecule has 1 aliphatic carbocycles. The normalized spacial score (nSPS) is 12.0. The molecule has 0 unspecified atom stereocenters. The number of nitriles is 1. The van der Waals surface area contributed by atoms with Crippen LogP contribution in [0.15, 0.2) is 40.9 Å². The van der Waals surface area contributed by atoms with Gasteiger partial charge in [0.2, 0.25) is 5.82 Å². The first-order valence-electron chi connectivity index (χ1n) is 8.94. The number of carboxylic acids is 1. The third-order valence-electron chi connectivity index (χ3n) is 4.86. The smallest absolute Gasteiger partial charge is 0.303 e. The van der Waals surface area contributed by atoms with E-state index in [1.807, 2.05) is 43.3 Å². The van der Waals surface area contributed by atoms with Crippen molar-refractivity contribution in [2.24, 2.45) is 0 Å². The summed E-state index contributed by atoms with van der Waals surface area (Å²) in [7, 11) is 0. The second kappa shape index (κ2) is 7.12. The molecule has 1 aromatic heterocycles. The lowest BCUT2D eigenvalue weighted by Crippen LogP contribution is -1.98. The summed E-state index contributed by atoms with van der Waals surface area (Å²) in [4.78, 5) is 15.3. The zero-order valence-corrected chi connectivity index (χ0v) is 15.3. The number of aliphatic carboxylic acids is 1. The highest BCUT2D eigenvalue weighted by atomic mass is 16.5. The van der Waals surface area contributed by atoms with Crippen LogP contribution >= 0.6 is 0 Å². The number of hydrogen-bond acceptors (Lipinski definition) is 5. The Morgan fingerprint density at radius 3 is 2.93 bits per heavy atom. The van der Waals surface area contributed by atoms with Gasteiger partial charge in [-0.15, -0.1) is 0 Å². The molecule has 138 valence electrons. The monoisotopic (exact) mass is 371 g/mol. The van der Waals surface area contributed by atoms with Crippen molar-refractivity contribution >= 4 is 12.0 Å². The Bertz CT molecular complexity index is 1150. The highest BCUT2D eigenvalue weighted by Crippen LogP contribution is 2.31. The summed E-state index contributed by atoms with van der Waals surface area (Å²) in [6.45, 7) is 1.93. The van der Waals surface area contributed by atoms with Crippen LogP contribution < -0.4 is 0 Å². The Kier molecular flexibility index (Phi) is 4.50. The van der Waals surface area contributed by atoms with E-state index < -0.39 is 5.97 Å². The number of rotatable bonds is 5. The molecule has 4 rings (SSSR count). The third kappa shape index (κ3) is 3.30. The van der Waals surface area contributed by atoms with Crippen molar-refractivity contribution in [2.45, 2.75) is 26.2 Å². The molecule has 0 fully saturated rings. The van der Waals surface area contributed by atoms with Crippen LogP contribution in [0.4, 0.5) is 0 Å². The Morgan fingerprint density at radius 1 is 1.32 bits per heavy atom. The summed E-state index contributed by atoms with van der Waals surface area (Å²) in [6, 6.07) is 11.7. The summed E-state index contributed by atoms with van der Waals surface area (Å²) >= 11 is 0. The van der Waals surface area contributed by atoms with Crippen molar-refractivity contribution in [1.82, 2.24) is 10.1 Å². The number of fused-ring (bicyclic) bond motifs is 1. The van der Waals surface area contributed by atoms with E-state index in [0.29, 0.717) is 23.7 Å². The molecule has 1 aliphatic rings. The first kappa shape index (κ1) is 17.7. The van der Waals surface area contributed by atoms with Crippen LogP contribution in [0, 0.1) is 18.3 Å². The number of nitrogens with zero attached hydrogens (tertiary/aromatic N) is 3. The van der Waals surface area contributed by atoms with Gasteiger partial charge in [-0.05, 0) is 54.2 Å². The molecule has 0 aliphatic heterocycles. The molecule has 28 heavy (non-hydrogen) atoms. The quantitative estimate of drug-likeness (QED) is 0.722. The zero-order chi connectivity index (χ0) is 19.7. The van der Waals surface area contributed by atoms with Crippen LogP contribution in [0.2, 0.25) is 0 Å². The second-order valence-electron chi connectivity index (χ2n) is 6.78. The van der Waals surface area contributed by atoms with E-state index in [-0.39, 0.29) is 6.42 Å². The van der Waals surface area contributed by atoms with Gasteiger partial charge in [-0.2, -0.15) is 10.2 Å². The van der Waals surface area contributed by atoms with E-state index in [1.54, 1.807) is 6.07 Å². The van der Waals surface area contributed by atoms with Crippen molar-refractivity contribution < 1.29 is 14.4 Å². The number of aryl methyl sites for hydroxylation is 2. The minimum absolute atomic E-state index is 0.0964. The number of hydrogen-bond donors (Lipinski definition) is 1. The Morgan fingerprint density at radius 2 is 2.18 bits per heavy atom. The fourth-order valence-corrected chi connectivity index (χ4v) is 3.43. The molecule has 0 bridgehead atoms. The summed E-state index contributed by atoms with van der Waals surface area (Å²) < 4.78 is 5.46. The van der Waals surface area contributed by atoms with E-state index in [0.717, 1.165) is 39.8 Å². The SMILES string of the molecule is Cc1cc(CCC(=O)O)ccc1-c1noc(-c2cc(C#N)c3c(c2)C=CC3)n1. The molecule has 0 radical (unpaired) electrons. The number of allylic oxidation sites excluding steroid dienone is 1. The molecular formula is C22H17N3O3. The largest absolute Gasteiger partial charge is 0.481 e. The molecule has 6 heteroatoms. The van der Waals surface area contributed by atoms with E-state index in [2.05, 4.69) is 16.2 Å². The van der Waals surface area contributed by atoms with Crippen molar-refractivity contribution in [1.29, 1.82) is 5.26 Å². The zero-order valence-electron chi connectivity index (χ0n) is 15.3. The van der Waals surface area contributed by atoms with E-state index >= 15 is 0 Å². The highest BCUT2D eigenvalue weighted by molar-refractivity contribution is 5.72. The predicted octanol–water partition coefficient (Wildman–Crippen LogP) is 4.17. The molecule has 0 spiro atoms. The van der Waals surface area contributed by atoms with Crippen molar-refractivity contribution in [2.75, 3.05) is 0 Å². The molecule has 6 nitrogen and oxygen atoms in total. The number of benzene rings is 2. The average Bonchev–Trinajstić information content (AvgIpc) is 3.35. The first-order valence-corrected chi connectivity index (χ1v) is 8.94. The first-order chi connectivity index (χ1) is 13.5. The minimum atomic E-state index is -0.814. The molecule has 0 saturated carbocycles. The lowest BCUT2D eigenvalue weighted by atomic mass is 9.99. The maximum Gasteiger partial charge on any atom is 0.303 e. The topological polar surface area (TPSA) is 100 Å². The fraction of sp³-hybridized carbons (Fsp3) is 0.182. The van der Waals surface area contributed by atoms with Crippen molar-refractivity contribution in [3.8, 4) is 28.9 Å². The molecule has 0 atom stereocenters. The molecule has 3 aromatic rings. The fourth-order valence-electron chi connectivity index (χ4n) is 3.43. The molecule has 2 aromatic carbocycles. The molecule has 1 heterocycles. The maximum absolute atomic E-state index is 10.7. The van der Waals surface area contributed by atoms with Gasteiger partial charge in [-0.25, -0.2) is 0 Å². The van der Waals surface area contributed by atoms with Crippen molar-refractivity contribution in [3.05, 3.63) is 64.2 Å². The lowest BCUT2D eigenvalue weighted by Gasteiger charge is -2.05. The molecular weight excluding hydrogens is 354 g/mol. The van der Waals surface area contributed by atoms with Gasteiger partial charge < -0.3 is 9.63 Å². The number of aromatic nitrogens is 2. The number of carbonyl (C=O) groups is 1. The van der Waals surface area contributed by atoms with Crippen LogP contribution in [0.3, 0.4) is 0 Å². The summed E-state index contributed by atoms with van der Waals surface area (Å²) in [5, 5.41) is 22.3. The Labute approximate surface area is 161 Å². The van der Waals surface area contributed by atoms with Crippen LogP contribution in [-0.2, 0) is 17.6 Å². The Hall–Kier alpha value is -3.72. The highest BCUT2D eigenvalue weighted by Gasteiger charge is 2.17. The van der Waals surface area contributed by atoms with Crippen LogP contribution in [0.25, 0.3) is 28.9 Å². The van der Waals surface area contributed by atoms with E-state index in [9.17, 15) is 10.1 Å². The maximum atomic E-state index is 10.7.